The quantitative estimate of drug-likeness (QED) is 0.0689. The van der Waals surface area contributed by atoms with E-state index in [1.807, 2.05) is 36.6 Å². The van der Waals surface area contributed by atoms with Gasteiger partial charge in [-0.25, -0.2) is 4.79 Å². The predicted molar refractivity (Wildman–Crippen MR) is 123 cm³/mol. The van der Waals surface area contributed by atoms with Crippen molar-refractivity contribution in [1.82, 2.24) is 10.0 Å². The van der Waals surface area contributed by atoms with Gasteiger partial charge in [0.2, 0.25) is 0 Å². The summed E-state index contributed by atoms with van der Waals surface area (Å²) in [6.07, 6.45) is 3.35. The number of benzene rings is 1. The number of rotatable bonds is 12. The van der Waals surface area contributed by atoms with Crippen molar-refractivity contribution in [2.75, 3.05) is 31.0 Å². The summed E-state index contributed by atoms with van der Waals surface area (Å²) >= 11 is 8.62. The highest BCUT2D eigenvalue weighted by atomic mass is 32.4. The van der Waals surface area contributed by atoms with Gasteiger partial charge in [-0.05, 0) is 38.2 Å². The molecule has 0 aliphatic heterocycles. The van der Waals surface area contributed by atoms with Crippen molar-refractivity contribution in [2.24, 2.45) is 5.16 Å². The molecule has 1 aromatic carbocycles. The average Bonchev–Trinajstić information content (AvgIpc) is 2.68. The first-order chi connectivity index (χ1) is 13.0. The minimum absolute atomic E-state index is 0.413. The zero-order valence-corrected chi connectivity index (χ0v) is 19.3. The molecule has 1 unspecified atom stereocenters. The number of carbonyl (C=O) groups excluding carboxylic acids is 1. The van der Waals surface area contributed by atoms with E-state index in [0.717, 1.165) is 37.5 Å². The smallest absolute Gasteiger partial charge is 0.434 e. The first-order valence-electron chi connectivity index (χ1n) is 8.70. The third-order valence-electron chi connectivity index (χ3n) is 3.47. The first-order valence-corrected chi connectivity index (χ1v) is 14.0. The molecule has 0 aliphatic carbocycles. The zero-order chi connectivity index (χ0) is 20.0. The third kappa shape index (κ3) is 11.7. The van der Waals surface area contributed by atoms with E-state index in [9.17, 15) is 4.79 Å². The van der Waals surface area contributed by atoms with Crippen LogP contribution in [0.5, 0.6) is 5.75 Å². The molecular weight excluding hydrogens is 421 g/mol. The zero-order valence-electron chi connectivity index (χ0n) is 16.0. The SMILES string of the molecule is CCP(=S)(CCCCNSCNC(=O)ON=C(C)SC)Oc1ccccc1. The van der Waals surface area contributed by atoms with E-state index in [1.165, 1.54) is 23.7 Å². The molecule has 1 rings (SSSR count). The van der Waals surface area contributed by atoms with Gasteiger partial charge in [0.25, 0.3) is 0 Å². The Labute approximate surface area is 175 Å². The van der Waals surface area contributed by atoms with Crippen molar-refractivity contribution in [3.05, 3.63) is 30.3 Å². The van der Waals surface area contributed by atoms with Gasteiger partial charge in [-0.1, -0.05) is 54.0 Å². The number of carbonyl (C=O) groups is 1. The molecule has 2 N–H and O–H groups in total. The molecule has 0 bridgehead atoms. The number of unbranched alkanes of at least 4 members (excludes halogenated alkanes) is 1. The van der Waals surface area contributed by atoms with Crippen molar-refractivity contribution in [2.45, 2.75) is 26.7 Å². The van der Waals surface area contributed by atoms with E-state index in [1.54, 1.807) is 6.92 Å². The minimum Gasteiger partial charge on any atom is -0.467 e. The Hall–Kier alpha value is -0.730. The van der Waals surface area contributed by atoms with E-state index in [0.29, 0.717) is 10.9 Å². The van der Waals surface area contributed by atoms with Crippen molar-refractivity contribution in [3.8, 4) is 5.75 Å². The van der Waals surface area contributed by atoms with E-state index >= 15 is 0 Å². The summed E-state index contributed by atoms with van der Waals surface area (Å²) in [5.41, 5.74) is 0. The summed E-state index contributed by atoms with van der Waals surface area (Å²) in [5, 5.41) is 6.96. The number of nitrogens with one attached hydrogen (secondary N) is 2. The molecule has 152 valence electrons. The maximum atomic E-state index is 11.4. The van der Waals surface area contributed by atoms with Crippen LogP contribution in [0.2, 0.25) is 0 Å². The lowest BCUT2D eigenvalue weighted by Crippen LogP contribution is -2.24. The summed E-state index contributed by atoms with van der Waals surface area (Å²) in [6, 6.07) is 9.82. The van der Waals surface area contributed by atoms with Gasteiger partial charge in [-0.15, -0.1) is 11.8 Å². The Bertz CT molecular complexity index is 632. The summed E-state index contributed by atoms with van der Waals surface area (Å²) in [4.78, 5) is 16.1. The number of thioether (sulfide) groups is 1. The second-order valence-corrected chi connectivity index (χ2v) is 12.3. The fourth-order valence-electron chi connectivity index (χ4n) is 1.89. The Morgan fingerprint density at radius 3 is 2.70 bits per heavy atom. The lowest BCUT2D eigenvalue weighted by atomic mass is 10.3. The molecule has 1 amide bonds. The predicted octanol–water partition coefficient (Wildman–Crippen LogP) is 4.88. The average molecular weight is 450 g/mol. The molecule has 1 aromatic rings. The number of hydrogen-bond acceptors (Lipinski definition) is 8. The normalized spacial score (nSPS) is 13.7. The Morgan fingerprint density at radius 2 is 2.04 bits per heavy atom. The Morgan fingerprint density at radius 1 is 1.30 bits per heavy atom. The summed E-state index contributed by atoms with van der Waals surface area (Å²) in [7, 11) is 0. The highest BCUT2D eigenvalue weighted by Gasteiger charge is 2.16. The van der Waals surface area contributed by atoms with Gasteiger partial charge in [0, 0.05) is 18.9 Å². The molecule has 0 aromatic heterocycles. The van der Waals surface area contributed by atoms with Gasteiger partial charge < -0.3 is 9.84 Å². The number of nitrogens with zero attached hydrogens (tertiary/aromatic N) is 1. The van der Waals surface area contributed by atoms with Crippen molar-refractivity contribution in [3.63, 3.8) is 0 Å². The van der Waals surface area contributed by atoms with Crippen LogP contribution < -0.4 is 14.6 Å². The van der Waals surface area contributed by atoms with Crippen LogP contribution in [-0.4, -0.2) is 42.1 Å². The first kappa shape index (κ1) is 24.3. The lowest BCUT2D eigenvalue weighted by molar-refractivity contribution is 0.153. The van der Waals surface area contributed by atoms with Gasteiger partial charge in [-0.3, -0.25) is 9.56 Å². The maximum absolute atomic E-state index is 11.4. The molecule has 1 atom stereocenters. The third-order valence-corrected chi connectivity index (χ3v) is 8.88. The van der Waals surface area contributed by atoms with Gasteiger partial charge >= 0.3 is 6.09 Å². The monoisotopic (exact) mass is 449 g/mol. The van der Waals surface area contributed by atoms with E-state index in [-0.39, 0.29) is 0 Å². The topological polar surface area (TPSA) is 72.0 Å². The molecule has 0 fully saturated rings. The van der Waals surface area contributed by atoms with E-state index in [4.69, 9.17) is 21.2 Å². The number of para-hydroxylation sites is 1. The summed E-state index contributed by atoms with van der Waals surface area (Å²) < 4.78 is 9.31. The second kappa shape index (κ2) is 14.3. The molecule has 0 heterocycles. The van der Waals surface area contributed by atoms with Crippen LogP contribution in [0.4, 0.5) is 4.79 Å². The van der Waals surface area contributed by atoms with E-state index < -0.39 is 12.4 Å². The standard InChI is InChI=1S/C17H28N3O3PS3/c1-4-24(25,23-16-10-6-5-7-11-16)13-9-8-12-19-27-14-18-17(21)22-20-15(2)26-3/h5-7,10-11,19H,4,8-9,12-14H2,1-3H3,(H,18,21). The molecule has 0 saturated carbocycles. The van der Waals surface area contributed by atoms with Crippen LogP contribution in [-0.2, 0) is 16.6 Å². The number of hydrogen-bond donors (Lipinski definition) is 2. The van der Waals surface area contributed by atoms with Crippen LogP contribution in [0.15, 0.2) is 35.5 Å². The van der Waals surface area contributed by atoms with Crippen molar-refractivity contribution < 1.29 is 14.2 Å². The lowest BCUT2D eigenvalue weighted by Gasteiger charge is -2.22. The highest BCUT2D eigenvalue weighted by molar-refractivity contribution is 8.13. The molecule has 0 spiro atoms. The molecule has 0 saturated heterocycles. The van der Waals surface area contributed by atoms with Gasteiger partial charge in [0.05, 0.1) is 5.88 Å². The molecule has 27 heavy (non-hydrogen) atoms. The molecule has 6 nitrogen and oxygen atoms in total. The fraction of sp³-hybridized carbons (Fsp3) is 0.529. The van der Waals surface area contributed by atoms with Crippen LogP contribution in [0.1, 0.15) is 26.7 Å². The fourth-order valence-corrected chi connectivity index (χ4v) is 4.97. The Kier molecular flexibility index (Phi) is 12.9. The van der Waals surface area contributed by atoms with E-state index in [2.05, 4.69) is 22.1 Å². The number of oxime groups is 1. The summed E-state index contributed by atoms with van der Waals surface area (Å²) in [6.45, 7) is 4.72. The summed E-state index contributed by atoms with van der Waals surface area (Å²) in [5.74, 6) is 1.28. The van der Waals surface area contributed by atoms with Crippen LogP contribution in [0.25, 0.3) is 0 Å². The largest absolute Gasteiger partial charge is 0.467 e. The van der Waals surface area contributed by atoms with Gasteiger partial charge in [0.15, 0.2) is 0 Å². The van der Waals surface area contributed by atoms with Gasteiger partial charge in [0.1, 0.15) is 17.1 Å². The molecule has 0 aliphatic rings. The number of amides is 1. The van der Waals surface area contributed by atoms with Crippen molar-refractivity contribution >= 4 is 52.9 Å². The Balaban J connectivity index is 2.10. The van der Waals surface area contributed by atoms with Crippen LogP contribution in [0, 0.1) is 0 Å². The molecular formula is C17H28N3O3PS3. The maximum Gasteiger partial charge on any atom is 0.434 e. The molecule has 0 radical (unpaired) electrons. The van der Waals surface area contributed by atoms with Crippen LogP contribution >= 0.6 is 30.0 Å². The molecule has 10 heteroatoms. The van der Waals surface area contributed by atoms with Gasteiger partial charge in [-0.2, -0.15) is 0 Å². The second-order valence-electron chi connectivity index (χ2n) is 5.52. The highest BCUT2D eigenvalue weighted by Crippen LogP contribution is 2.47. The van der Waals surface area contributed by atoms with Crippen LogP contribution in [0.3, 0.4) is 0 Å². The minimum atomic E-state index is -1.80. The van der Waals surface area contributed by atoms with Crippen molar-refractivity contribution in [1.29, 1.82) is 0 Å².